The van der Waals surface area contributed by atoms with Crippen LogP contribution in [-0.2, 0) is 4.79 Å². The van der Waals surface area contributed by atoms with Gasteiger partial charge in [0.1, 0.15) is 5.75 Å². The minimum absolute atomic E-state index is 0.0720. The number of ether oxygens (including phenoxy) is 1. The smallest absolute Gasteiger partial charge is 0.393 e. The van der Waals surface area contributed by atoms with Crippen molar-refractivity contribution >= 4 is 28.0 Å². The van der Waals surface area contributed by atoms with Gasteiger partial charge in [-0.2, -0.15) is 22.7 Å². The van der Waals surface area contributed by atoms with Gasteiger partial charge in [-0.05, 0) is 90.3 Å². The monoisotopic (exact) mass is 591 g/mol. The fraction of sp³-hybridized carbons (Fsp3) is 0.294. The highest BCUT2D eigenvalue weighted by atomic mass is 19.4. The molecule has 5 rings (SSSR count). The molecule has 4 aromatic rings. The fourth-order valence-electron chi connectivity index (χ4n) is 5.32. The van der Waals surface area contributed by atoms with Gasteiger partial charge in [0.05, 0.1) is 23.9 Å². The van der Waals surface area contributed by atoms with Gasteiger partial charge in [0.15, 0.2) is 0 Å². The molecule has 0 bridgehead atoms. The van der Waals surface area contributed by atoms with E-state index >= 15 is 0 Å². The van der Waals surface area contributed by atoms with Gasteiger partial charge in [-0.25, -0.2) is 0 Å². The summed E-state index contributed by atoms with van der Waals surface area (Å²) in [6.45, 7) is 2.14. The molecule has 9 heteroatoms. The first-order valence-electron chi connectivity index (χ1n) is 14.5. The second-order valence-corrected chi connectivity index (χ2v) is 10.6. The first kappa shape index (κ1) is 30.1. The van der Waals surface area contributed by atoms with E-state index < -0.39 is 18.5 Å². The fourth-order valence-corrected chi connectivity index (χ4v) is 5.32. The number of carbonyl (C=O) groups excluding carboxylic acids is 1. The number of aromatic amines is 1. The molecule has 1 aliphatic rings. The van der Waals surface area contributed by atoms with Crippen LogP contribution in [-0.4, -0.2) is 46.9 Å². The third-order valence-corrected chi connectivity index (χ3v) is 7.45. The predicted molar refractivity (Wildman–Crippen MR) is 160 cm³/mol. The predicted octanol–water partition coefficient (Wildman–Crippen LogP) is 8.34. The van der Waals surface area contributed by atoms with E-state index in [1.54, 1.807) is 72.8 Å². The summed E-state index contributed by atoms with van der Waals surface area (Å²) >= 11 is 0. The average molecular weight is 592 g/mol. The van der Waals surface area contributed by atoms with Gasteiger partial charge in [-0.3, -0.25) is 9.89 Å². The molecule has 0 spiro atoms. The first-order chi connectivity index (χ1) is 20.8. The number of alkyl halides is 3. The Kier molecular flexibility index (Phi) is 9.59. The lowest BCUT2D eigenvalue weighted by Crippen LogP contribution is -2.25. The summed E-state index contributed by atoms with van der Waals surface area (Å²) in [4.78, 5) is 13.9. The second-order valence-electron chi connectivity index (χ2n) is 10.6. The Morgan fingerprint density at radius 3 is 2.37 bits per heavy atom. The number of allylic oxidation sites excluding steroid dienone is 2. The van der Waals surface area contributed by atoms with Crippen LogP contribution in [0.25, 0.3) is 22.0 Å². The number of hydrogen-bond acceptors (Lipinski definition) is 3. The molecule has 1 amide bonds. The molecule has 5 nitrogen and oxygen atoms in total. The maximum absolute atomic E-state index is 14.4. The van der Waals surface area contributed by atoms with E-state index in [-0.39, 0.29) is 16.9 Å². The Balaban J connectivity index is 1.34. The van der Waals surface area contributed by atoms with Gasteiger partial charge < -0.3 is 9.64 Å². The quantitative estimate of drug-likeness (QED) is 0.0826. The summed E-state index contributed by atoms with van der Waals surface area (Å²) in [5.74, 6) is 0.0183. The van der Waals surface area contributed by atoms with Crippen LogP contribution in [0.3, 0.4) is 0 Å². The SMILES string of the molecule is O=C(/C=C/CCCCOc1ccc(/C(=C(/CC(F)(F)F)c2ccccc2)c2ccc3n[nH]c(F)c3c2)cc1)N1CCCC1. The normalized spacial score (nSPS) is 14.5. The highest BCUT2D eigenvalue weighted by Crippen LogP contribution is 2.40. The number of hydrogen-bond donors (Lipinski definition) is 1. The third kappa shape index (κ3) is 7.91. The number of H-pyrrole nitrogens is 1. The van der Waals surface area contributed by atoms with E-state index in [1.807, 2.05) is 11.0 Å². The Bertz CT molecular complexity index is 1590. The van der Waals surface area contributed by atoms with Crippen LogP contribution >= 0.6 is 0 Å². The molecule has 0 aliphatic carbocycles. The molecule has 1 fully saturated rings. The number of amides is 1. The van der Waals surface area contributed by atoms with Gasteiger partial charge in [0.2, 0.25) is 11.9 Å². The molecule has 43 heavy (non-hydrogen) atoms. The lowest BCUT2D eigenvalue weighted by molar-refractivity contribution is -0.125. The molecule has 3 aromatic carbocycles. The van der Waals surface area contributed by atoms with Crippen molar-refractivity contribution in [3.63, 3.8) is 0 Å². The van der Waals surface area contributed by atoms with Crippen LogP contribution in [0.15, 0.2) is 84.9 Å². The van der Waals surface area contributed by atoms with E-state index in [4.69, 9.17) is 4.74 Å². The Labute approximate surface area is 247 Å². The van der Waals surface area contributed by atoms with Crippen molar-refractivity contribution in [2.45, 2.75) is 44.7 Å². The molecule has 2 heterocycles. The Morgan fingerprint density at radius 2 is 1.65 bits per heavy atom. The topological polar surface area (TPSA) is 58.2 Å². The minimum Gasteiger partial charge on any atom is -0.494 e. The molecule has 1 aliphatic heterocycles. The van der Waals surface area contributed by atoms with Crippen LogP contribution < -0.4 is 4.74 Å². The van der Waals surface area contributed by atoms with Crippen molar-refractivity contribution in [3.05, 3.63) is 108 Å². The van der Waals surface area contributed by atoms with Crippen molar-refractivity contribution in [1.82, 2.24) is 15.1 Å². The first-order valence-corrected chi connectivity index (χ1v) is 14.5. The largest absolute Gasteiger partial charge is 0.494 e. The Hall–Kier alpha value is -4.40. The van der Waals surface area contributed by atoms with Crippen molar-refractivity contribution < 1.29 is 27.1 Å². The third-order valence-electron chi connectivity index (χ3n) is 7.45. The zero-order chi connectivity index (χ0) is 30.2. The molecule has 1 N–H and O–H groups in total. The van der Waals surface area contributed by atoms with Gasteiger partial charge in [-0.1, -0.05) is 54.6 Å². The lowest BCUT2D eigenvalue weighted by Gasteiger charge is -2.19. The molecular weight excluding hydrogens is 558 g/mol. The second kappa shape index (κ2) is 13.7. The van der Waals surface area contributed by atoms with Gasteiger partial charge >= 0.3 is 6.18 Å². The maximum Gasteiger partial charge on any atom is 0.393 e. The number of nitrogens with one attached hydrogen (secondary N) is 1. The number of nitrogens with zero attached hydrogens (tertiary/aromatic N) is 2. The molecule has 0 unspecified atom stereocenters. The number of likely N-dealkylation sites (tertiary alicyclic amines) is 1. The number of carbonyl (C=O) groups is 1. The van der Waals surface area contributed by atoms with Crippen LogP contribution in [0, 0.1) is 5.95 Å². The van der Waals surface area contributed by atoms with E-state index in [9.17, 15) is 22.4 Å². The van der Waals surface area contributed by atoms with E-state index in [0.29, 0.717) is 40.1 Å². The highest BCUT2D eigenvalue weighted by Gasteiger charge is 2.31. The Morgan fingerprint density at radius 1 is 0.930 bits per heavy atom. The molecule has 0 saturated carbocycles. The van der Waals surface area contributed by atoms with Crippen LogP contribution in [0.2, 0.25) is 0 Å². The van der Waals surface area contributed by atoms with Gasteiger partial charge in [-0.15, -0.1) is 0 Å². The van der Waals surface area contributed by atoms with Crippen molar-refractivity contribution in [2.24, 2.45) is 0 Å². The van der Waals surface area contributed by atoms with Gasteiger partial charge in [0.25, 0.3) is 0 Å². The van der Waals surface area contributed by atoms with Crippen molar-refractivity contribution in [3.8, 4) is 5.75 Å². The molecule has 1 aromatic heterocycles. The molecular formula is C34H33F4N3O2. The van der Waals surface area contributed by atoms with E-state index in [2.05, 4.69) is 10.2 Å². The lowest BCUT2D eigenvalue weighted by atomic mass is 9.87. The standard InChI is InChI=1S/C34H33F4N3O2/c35-33-28-22-26(15-18-30(28)39-40-33)32(29(23-34(36,37)38)24-10-4-3-5-11-24)25-13-16-27(17-14-25)43-21-9-2-1-6-12-31(42)41-19-7-8-20-41/h3-6,10-18,22H,1-2,7-9,19-21,23H2,(H,39,40)/b12-6+,32-29+. The van der Waals surface area contributed by atoms with E-state index in [1.165, 1.54) is 6.07 Å². The minimum atomic E-state index is -4.47. The van der Waals surface area contributed by atoms with Gasteiger partial charge in [0, 0.05) is 13.1 Å². The van der Waals surface area contributed by atoms with E-state index in [0.717, 1.165) is 45.2 Å². The highest BCUT2D eigenvalue weighted by molar-refractivity contribution is 6.00. The summed E-state index contributed by atoms with van der Waals surface area (Å²) < 4.78 is 62.1. The number of fused-ring (bicyclic) bond motifs is 1. The number of unbranched alkanes of at least 4 members (excludes halogenated alkanes) is 2. The molecule has 0 atom stereocenters. The molecule has 0 radical (unpaired) electrons. The van der Waals surface area contributed by atoms with Crippen molar-refractivity contribution in [2.75, 3.05) is 19.7 Å². The maximum atomic E-state index is 14.4. The number of benzene rings is 3. The zero-order valence-electron chi connectivity index (χ0n) is 23.7. The summed E-state index contributed by atoms with van der Waals surface area (Å²) in [5, 5.41) is 6.40. The number of halogens is 4. The summed E-state index contributed by atoms with van der Waals surface area (Å²) in [6.07, 6.45) is 2.48. The van der Waals surface area contributed by atoms with Crippen molar-refractivity contribution in [1.29, 1.82) is 0 Å². The molecule has 224 valence electrons. The van der Waals surface area contributed by atoms with Crippen LogP contribution in [0.1, 0.15) is 55.2 Å². The zero-order valence-corrected chi connectivity index (χ0v) is 23.7. The van der Waals surface area contributed by atoms with Crippen LogP contribution in [0.5, 0.6) is 5.75 Å². The number of aromatic nitrogens is 2. The van der Waals surface area contributed by atoms with Crippen LogP contribution in [0.4, 0.5) is 17.6 Å². The summed E-state index contributed by atoms with van der Waals surface area (Å²) in [6, 6.07) is 20.1. The number of rotatable bonds is 11. The average Bonchev–Trinajstić information content (AvgIpc) is 3.67. The molecule has 1 saturated heterocycles. The summed E-state index contributed by atoms with van der Waals surface area (Å²) in [7, 11) is 0. The summed E-state index contributed by atoms with van der Waals surface area (Å²) in [5.41, 5.74) is 2.25.